The van der Waals surface area contributed by atoms with Gasteiger partial charge in [0.05, 0.1) is 11.1 Å². The van der Waals surface area contributed by atoms with Gasteiger partial charge in [-0.2, -0.15) is 0 Å². The molecule has 1 aromatic rings. The Labute approximate surface area is 107 Å². The maximum Gasteiger partial charge on any atom is 0.148 e. The minimum absolute atomic E-state index is 0.0227. The molecule has 5 heteroatoms. The Balaban J connectivity index is 2.29. The summed E-state index contributed by atoms with van der Waals surface area (Å²) in [6.45, 7) is 0.869. The van der Waals surface area contributed by atoms with E-state index in [0.717, 1.165) is 19.4 Å². The predicted octanol–water partition coefficient (Wildman–Crippen LogP) is 3.03. The first-order valence-electron chi connectivity index (χ1n) is 5.16. The monoisotopic (exact) mass is 307 g/mol. The van der Waals surface area contributed by atoms with Crippen molar-refractivity contribution in [1.29, 1.82) is 0 Å². The number of halogens is 3. The molecule has 2 nitrogen and oxygen atoms in total. The molecule has 2 rings (SSSR count). The van der Waals surface area contributed by atoms with Crippen LogP contribution in [0.2, 0.25) is 5.02 Å². The van der Waals surface area contributed by atoms with Crippen LogP contribution in [0.3, 0.4) is 0 Å². The lowest BCUT2D eigenvalue weighted by molar-refractivity contribution is 0.133. The molecule has 88 valence electrons. The summed E-state index contributed by atoms with van der Waals surface area (Å²) < 4.78 is 14.3. The predicted molar refractivity (Wildman–Crippen MR) is 65.1 cm³/mol. The molecule has 0 bridgehead atoms. The number of hydrogen-bond donors (Lipinski definition) is 2. The van der Waals surface area contributed by atoms with Crippen LogP contribution in [0.4, 0.5) is 4.39 Å². The lowest BCUT2D eigenvalue weighted by atomic mass is 10.0. The van der Waals surface area contributed by atoms with E-state index < -0.39 is 11.9 Å². The van der Waals surface area contributed by atoms with E-state index in [1.807, 2.05) is 0 Å². The lowest BCUT2D eigenvalue weighted by Crippen LogP contribution is -2.29. The molecule has 2 unspecified atom stereocenters. The van der Waals surface area contributed by atoms with E-state index in [4.69, 9.17) is 11.6 Å². The zero-order valence-corrected chi connectivity index (χ0v) is 10.9. The first kappa shape index (κ1) is 12.3. The number of nitrogens with one attached hydrogen (secondary N) is 1. The molecular weight excluding hydrogens is 296 g/mol. The second kappa shape index (κ2) is 5.00. The molecule has 1 aliphatic heterocycles. The fraction of sp³-hybridized carbons (Fsp3) is 0.455. The van der Waals surface area contributed by atoms with Crippen LogP contribution in [0.5, 0.6) is 0 Å². The largest absolute Gasteiger partial charge is 0.387 e. The molecule has 0 saturated carbocycles. The Morgan fingerprint density at radius 2 is 2.31 bits per heavy atom. The molecule has 2 N–H and O–H groups in total. The highest BCUT2D eigenvalue weighted by molar-refractivity contribution is 9.10. The molecule has 2 atom stereocenters. The molecule has 1 fully saturated rings. The topological polar surface area (TPSA) is 32.3 Å². The van der Waals surface area contributed by atoms with Crippen LogP contribution >= 0.6 is 27.5 Å². The maximum absolute atomic E-state index is 13.8. The summed E-state index contributed by atoms with van der Waals surface area (Å²) in [5.41, 5.74) is 0.257. The third-order valence-electron chi connectivity index (χ3n) is 2.86. The van der Waals surface area contributed by atoms with Gasteiger partial charge in [0.25, 0.3) is 0 Å². The molecule has 1 saturated heterocycles. The molecule has 0 spiro atoms. The van der Waals surface area contributed by atoms with Crippen molar-refractivity contribution in [2.45, 2.75) is 25.0 Å². The Hall–Kier alpha value is -0.160. The van der Waals surface area contributed by atoms with Crippen LogP contribution in [0.15, 0.2) is 16.6 Å². The van der Waals surface area contributed by atoms with Gasteiger partial charge < -0.3 is 10.4 Å². The van der Waals surface area contributed by atoms with Crippen molar-refractivity contribution in [2.75, 3.05) is 6.54 Å². The van der Waals surface area contributed by atoms with Gasteiger partial charge in [0.1, 0.15) is 5.82 Å². The second-order valence-corrected chi connectivity index (χ2v) is 5.14. The van der Waals surface area contributed by atoms with Crippen molar-refractivity contribution in [3.05, 3.63) is 33.0 Å². The number of rotatable bonds is 2. The molecule has 0 radical (unpaired) electrons. The van der Waals surface area contributed by atoms with Crippen molar-refractivity contribution < 1.29 is 9.50 Å². The molecule has 1 heterocycles. The normalized spacial score (nSPS) is 22.4. The second-order valence-electron chi connectivity index (χ2n) is 3.91. The maximum atomic E-state index is 13.8. The third kappa shape index (κ3) is 2.25. The zero-order chi connectivity index (χ0) is 11.7. The van der Waals surface area contributed by atoms with Gasteiger partial charge in [-0.1, -0.05) is 17.7 Å². The van der Waals surface area contributed by atoms with E-state index in [0.29, 0.717) is 4.47 Å². The van der Waals surface area contributed by atoms with E-state index in [1.54, 1.807) is 12.1 Å². The van der Waals surface area contributed by atoms with Gasteiger partial charge in [-0.25, -0.2) is 4.39 Å². The van der Waals surface area contributed by atoms with Crippen molar-refractivity contribution >= 4 is 27.5 Å². The summed E-state index contributed by atoms with van der Waals surface area (Å²) in [5, 5.41) is 13.2. The third-order valence-corrected chi connectivity index (χ3v) is 4.12. The van der Waals surface area contributed by atoms with Gasteiger partial charge in [-0.3, -0.25) is 0 Å². The summed E-state index contributed by atoms with van der Waals surface area (Å²) in [7, 11) is 0. The summed E-state index contributed by atoms with van der Waals surface area (Å²) in [6.07, 6.45) is 1.02. The number of aliphatic hydroxyl groups excluding tert-OH is 1. The van der Waals surface area contributed by atoms with Crippen LogP contribution in [0, 0.1) is 5.82 Å². The highest BCUT2D eigenvalue weighted by atomic mass is 79.9. The standard InChI is InChI=1S/C11H12BrClFNO/c12-7-4-3-6(10(14)9(7)13)11(16)8-2-1-5-15-8/h3-4,8,11,15-16H,1-2,5H2. The minimum atomic E-state index is -0.840. The first-order chi connectivity index (χ1) is 7.61. The number of benzene rings is 1. The fourth-order valence-electron chi connectivity index (χ4n) is 1.97. The van der Waals surface area contributed by atoms with Crippen molar-refractivity contribution in [3.8, 4) is 0 Å². The fourth-order valence-corrected chi connectivity index (χ4v) is 2.45. The molecule has 0 amide bonds. The highest BCUT2D eigenvalue weighted by Gasteiger charge is 2.27. The molecule has 1 aliphatic rings. The Bertz CT molecular complexity index is 396. The van der Waals surface area contributed by atoms with E-state index in [9.17, 15) is 9.50 Å². The molecule has 16 heavy (non-hydrogen) atoms. The van der Waals surface area contributed by atoms with Crippen molar-refractivity contribution in [1.82, 2.24) is 5.32 Å². The Morgan fingerprint density at radius 3 is 2.94 bits per heavy atom. The van der Waals surface area contributed by atoms with Gasteiger partial charge in [0.15, 0.2) is 0 Å². The summed E-state index contributed by atoms with van der Waals surface area (Å²) in [4.78, 5) is 0. The summed E-state index contributed by atoms with van der Waals surface area (Å²) in [5.74, 6) is -0.544. The van der Waals surface area contributed by atoms with Gasteiger partial charge in [-0.05, 0) is 41.4 Å². The SMILES string of the molecule is OC(c1ccc(Br)c(Cl)c1F)C1CCCN1. The first-order valence-corrected chi connectivity index (χ1v) is 6.33. The van der Waals surface area contributed by atoms with Gasteiger partial charge >= 0.3 is 0 Å². The van der Waals surface area contributed by atoms with Crippen LogP contribution in [-0.2, 0) is 0 Å². The molecule has 0 aliphatic carbocycles. The van der Waals surface area contributed by atoms with E-state index >= 15 is 0 Å². The van der Waals surface area contributed by atoms with E-state index in [2.05, 4.69) is 21.2 Å². The number of aliphatic hydroxyl groups is 1. The van der Waals surface area contributed by atoms with E-state index in [-0.39, 0.29) is 16.6 Å². The average Bonchev–Trinajstić information content (AvgIpc) is 2.79. The van der Waals surface area contributed by atoms with Crippen LogP contribution in [0.1, 0.15) is 24.5 Å². The Morgan fingerprint density at radius 1 is 1.56 bits per heavy atom. The van der Waals surface area contributed by atoms with Crippen LogP contribution < -0.4 is 5.32 Å². The van der Waals surface area contributed by atoms with Gasteiger partial charge in [0, 0.05) is 16.1 Å². The average molecular weight is 309 g/mol. The van der Waals surface area contributed by atoms with Crippen LogP contribution in [0.25, 0.3) is 0 Å². The highest BCUT2D eigenvalue weighted by Crippen LogP contribution is 2.32. The van der Waals surface area contributed by atoms with E-state index in [1.165, 1.54) is 0 Å². The smallest absolute Gasteiger partial charge is 0.148 e. The number of hydrogen-bond acceptors (Lipinski definition) is 2. The lowest BCUT2D eigenvalue weighted by Gasteiger charge is -2.19. The van der Waals surface area contributed by atoms with Gasteiger partial charge in [-0.15, -0.1) is 0 Å². The summed E-state index contributed by atoms with van der Waals surface area (Å²) >= 11 is 8.92. The molecule has 0 aromatic heterocycles. The molecule has 1 aromatic carbocycles. The Kier molecular flexibility index (Phi) is 3.85. The zero-order valence-electron chi connectivity index (χ0n) is 8.51. The van der Waals surface area contributed by atoms with Gasteiger partial charge in [0.2, 0.25) is 0 Å². The quantitative estimate of drug-likeness (QED) is 0.823. The van der Waals surface area contributed by atoms with Crippen molar-refractivity contribution in [2.24, 2.45) is 0 Å². The van der Waals surface area contributed by atoms with Crippen molar-refractivity contribution in [3.63, 3.8) is 0 Å². The molecular formula is C11H12BrClFNO. The van der Waals surface area contributed by atoms with Crippen LogP contribution in [-0.4, -0.2) is 17.7 Å². The summed E-state index contributed by atoms with van der Waals surface area (Å²) in [6, 6.07) is 3.14. The minimum Gasteiger partial charge on any atom is -0.387 e.